The molecule has 0 heterocycles. The third kappa shape index (κ3) is 3.27. The summed E-state index contributed by atoms with van der Waals surface area (Å²) in [4.78, 5) is 10.6. The lowest BCUT2D eigenvalue weighted by molar-refractivity contribution is -0.172. The minimum absolute atomic E-state index is 0.234. The number of rotatable bonds is 1. The first-order valence-electron chi connectivity index (χ1n) is 4.32. The summed E-state index contributed by atoms with van der Waals surface area (Å²) in [5.74, 6) is -1.93. The zero-order valence-corrected chi connectivity index (χ0v) is 8.06. The summed E-state index contributed by atoms with van der Waals surface area (Å²) in [6.45, 7) is 1.45. The highest BCUT2D eigenvalue weighted by atomic mass is 19.4. The molecule has 0 fully saturated rings. The van der Waals surface area contributed by atoms with E-state index in [-0.39, 0.29) is 5.70 Å². The van der Waals surface area contributed by atoms with Crippen LogP contribution in [0.15, 0.2) is 35.6 Å². The molecule has 0 saturated carbocycles. The summed E-state index contributed by atoms with van der Waals surface area (Å²) in [6, 6.07) is 0. The molecule has 82 valence electrons. The first kappa shape index (κ1) is 11.6. The van der Waals surface area contributed by atoms with Gasteiger partial charge < -0.3 is 5.32 Å². The number of amides is 1. The maximum Gasteiger partial charge on any atom is 0.471 e. The molecule has 0 atom stereocenters. The number of nitrogens with one attached hydrogen (secondary N) is 1. The highest BCUT2D eigenvalue weighted by Crippen LogP contribution is 2.17. The topological polar surface area (TPSA) is 29.1 Å². The molecule has 0 aromatic heterocycles. The maximum absolute atomic E-state index is 11.9. The summed E-state index contributed by atoms with van der Waals surface area (Å²) in [5, 5.41) is 1.82. The number of hydrogen-bond donors (Lipinski definition) is 1. The lowest BCUT2D eigenvalue weighted by Gasteiger charge is -2.12. The normalized spacial score (nSPS) is 18.9. The molecule has 0 aromatic rings. The molecule has 0 unspecified atom stereocenters. The van der Waals surface area contributed by atoms with E-state index in [2.05, 4.69) is 0 Å². The van der Waals surface area contributed by atoms with Gasteiger partial charge in [0.15, 0.2) is 0 Å². The molecule has 1 rings (SSSR count). The fourth-order valence-corrected chi connectivity index (χ4v) is 1.11. The van der Waals surface area contributed by atoms with Gasteiger partial charge in [-0.05, 0) is 18.9 Å². The van der Waals surface area contributed by atoms with Crippen molar-refractivity contribution in [1.29, 1.82) is 0 Å². The number of hydrogen-bond acceptors (Lipinski definition) is 1. The van der Waals surface area contributed by atoms with Crippen molar-refractivity contribution in [3.05, 3.63) is 35.6 Å². The van der Waals surface area contributed by atoms with Crippen LogP contribution in [0, 0.1) is 0 Å². The van der Waals surface area contributed by atoms with Crippen LogP contribution in [-0.2, 0) is 4.79 Å². The van der Waals surface area contributed by atoms with Gasteiger partial charge >= 0.3 is 12.1 Å². The first-order valence-corrected chi connectivity index (χ1v) is 4.32. The number of carbonyl (C=O) groups is 1. The minimum atomic E-state index is -4.84. The van der Waals surface area contributed by atoms with E-state index in [1.165, 1.54) is 6.92 Å². The number of carbonyl (C=O) groups excluding carboxylic acids is 1. The van der Waals surface area contributed by atoms with Gasteiger partial charge in [0.25, 0.3) is 0 Å². The Balaban J connectivity index is 2.71. The molecule has 0 aromatic carbocycles. The van der Waals surface area contributed by atoms with Crippen LogP contribution in [0.25, 0.3) is 0 Å². The summed E-state index contributed by atoms with van der Waals surface area (Å²) < 4.78 is 35.7. The fraction of sp³-hybridized carbons (Fsp3) is 0.300. The lowest BCUT2D eigenvalue weighted by atomic mass is 10.1. The highest BCUT2D eigenvalue weighted by Gasteiger charge is 2.38. The lowest BCUT2D eigenvalue weighted by Crippen LogP contribution is -2.36. The van der Waals surface area contributed by atoms with E-state index in [4.69, 9.17) is 0 Å². The molecule has 1 N–H and O–H groups in total. The summed E-state index contributed by atoms with van der Waals surface area (Å²) >= 11 is 0. The van der Waals surface area contributed by atoms with Crippen LogP contribution < -0.4 is 5.32 Å². The van der Waals surface area contributed by atoms with E-state index in [1.54, 1.807) is 24.3 Å². The van der Waals surface area contributed by atoms with Crippen LogP contribution in [0.3, 0.4) is 0 Å². The van der Waals surface area contributed by atoms with E-state index < -0.39 is 12.1 Å². The number of halogens is 3. The van der Waals surface area contributed by atoms with E-state index in [0.29, 0.717) is 12.0 Å². The van der Waals surface area contributed by atoms with Gasteiger partial charge in [-0.1, -0.05) is 24.3 Å². The van der Waals surface area contributed by atoms with E-state index in [0.717, 1.165) is 0 Å². The van der Waals surface area contributed by atoms with Gasteiger partial charge in [0.1, 0.15) is 0 Å². The van der Waals surface area contributed by atoms with Gasteiger partial charge in [-0.25, -0.2) is 0 Å². The Kier molecular flexibility index (Phi) is 3.34. The average Bonchev–Trinajstić information content (AvgIpc) is 2.17. The minimum Gasteiger partial charge on any atom is -0.322 e. The fourth-order valence-electron chi connectivity index (χ4n) is 1.11. The first-order chi connectivity index (χ1) is 6.91. The molecule has 2 nitrogen and oxygen atoms in total. The predicted octanol–water partition coefficient (Wildman–Crippen LogP) is 2.46. The molecule has 1 amide bonds. The SMILES string of the molecule is CC(NC(=O)C(F)(F)F)=C1C=CC=CC1. The van der Waals surface area contributed by atoms with Crippen LogP contribution in [0.1, 0.15) is 13.3 Å². The Labute approximate surface area is 85.2 Å². The van der Waals surface area contributed by atoms with Crippen molar-refractivity contribution < 1.29 is 18.0 Å². The molecule has 0 spiro atoms. The second-order valence-electron chi connectivity index (χ2n) is 3.09. The van der Waals surface area contributed by atoms with Crippen LogP contribution >= 0.6 is 0 Å². The molecular formula is C10H10F3NO. The monoisotopic (exact) mass is 217 g/mol. The molecule has 1 aliphatic rings. The summed E-state index contributed by atoms with van der Waals surface area (Å²) in [7, 11) is 0. The Morgan fingerprint density at radius 1 is 1.40 bits per heavy atom. The van der Waals surface area contributed by atoms with Crippen molar-refractivity contribution in [1.82, 2.24) is 5.32 Å². The van der Waals surface area contributed by atoms with Gasteiger partial charge in [0, 0.05) is 5.70 Å². The van der Waals surface area contributed by atoms with Gasteiger partial charge in [-0.15, -0.1) is 0 Å². The molecule has 5 heteroatoms. The molecule has 0 aliphatic heterocycles. The number of alkyl halides is 3. The molecule has 0 saturated heterocycles. The highest BCUT2D eigenvalue weighted by molar-refractivity contribution is 5.83. The van der Waals surface area contributed by atoms with Gasteiger partial charge in [0.2, 0.25) is 0 Å². The maximum atomic E-state index is 11.9. The van der Waals surface area contributed by atoms with Crippen molar-refractivity contribution in [3.63, 3.8) is 0 Å². The van der Waals surface area contributed by atoms with Crippen LogP contribution in [0.5, 0.6) is 0 Å². The quantitative estimate of drug-likeness (QED) is 0.718. The summed E-state index contributed by atoms with van der Waals surface area (Å²) in [6.07, 6.45) is 2.67. The van der Waals surface area contributed by atoms with Crippen molar-refractivity contribution >= 4 is 5.91 Å². The average molecular weight is 217 g/mol. The van der Waals surface area contributed by atoms with Gasteiger partial charge in [-0.2, -0.15) is 13.2 Å². The van der Waals surface area contributed by atoms with Crippen LogP contribution in [-0.4, -0.2) is 12.1 Å². The second-order valence-corrected chi connectivity index (χ2v) is 3.09. The zero-order valence-electron chi connectivity index (χ0n) is 8.06. The van der Waals surface area contributed by atoms with Gasteiger partial charge in [0.05, 0.1) is 0 Å². The Morgan fingerprint density at radius 2 is 2.07 bits per heavy atom. The molecule has 15 heavy (non-hydrogen) atoms. The number of allylic oxidation sites excluding steroid dienone is 6. The second kappa shape index (κ2) is 4.33. The smallest absolute Gasteiger partial charge is 0.322 e. The third-order valence-corrected chi connectivity index (χ3v) is 1.92. The molecule has 0 bridgehead atoms. The predicted molar refractivity (Wildman–Crippen MR) is 49.8 cm³/mol. The van der Waals surface area contributed by atoms with Crippen LogP contribution in [0.4, 0.5) is 13.2 Å². The van der Waals surface area contributed by atoms with Crippen molar-refractivity contribution in [2.75, 3.05) is 0 Å². The Hall–Kier alpha value is -1.52. The Bertz CT molecular complexity index is 350. The largest absolute Gasteiger partial charge is 0.471 e. The summed E-state index contributed by atoms with van der Waals surface area (Å²) in [5.41, 5.74) is 0.910. The Morgan fingerprint density at radius 3 is 2.53 bits per heavy atom. The molecular weight excluding hydrogens is 207 g/mol. The van der Waals surface area contributed by atoms with Crippen LogP contribution in [0.2, 0.25) is 0 Å². The standard InChI is InChI=1S/C10H10F3NO/c1-7(8-5-3-2-4-6-8)14-9(15)10(11,12)13/h2-5H,6H2,1H3,(H,14,15). The molecule has 1 aliphatic carbocycles. The van der Waals surface area contributed by atoms with E-state index in [9.17, 15) is 18.0 Å². The molecule has 0 radical (unpaired) electrons. The van der Waals surface area contributed by atoms with Gasteiger partial charge in [-0.3, -0.25) is 4.79 Å². The van der Waals surface area contributed by atoms with Crippen molar-refractivity contribution in [3.8, 4) is 0 Å². The third-order valence-electron chi connectivity index (χ3n) is 1.92. The van der Waals surface area contributed by atoms with E-state index in [1.807, 2.05) is 5.32 Å². The van der Waals surface area contributed by atoms with Crippen molar-refractivity contribution in [2.24, 2.45) is 0 Å². The zero-order chi connectivity index (χ0) is 11.5. The van der Waals surface area contributed by atoms with E-state index >= 15 is 0 Å². The van der Waals surface area contributed by atoms with Crippen molar-refractivity contribution in [2.45, 2.75) is 19.5 Å².